The molecule has 2 aromatic rings. The minimum atomic E-state index is -0.960. The molecule has 1 aliphatic carbocycles. The summed E-state index contributed by atoms with van der Waals surface area (Å²) in [7, 11) is 0. The lowest BCUT2D eigenvalue weighted by molar-refractivity contribution is 0.0132. The quantitative estimate of drug-likeness (QED) is 0.414. The Kier molecular flexibility index (Phi) is 7.96. The predicted octanol–water partition coefficient (Wildman–Crippen LogP) is 5.42. The summed E-state index contributed by atoms with van der Waals surface area (Å²) >= 11 is 0. The molecule has 0 radical (unpaired) electrons. The van der Waals surface area contributed by atoms with Crippen molar-refractivity contribution >= 4 is 5.97 Å². The highest BCUT2D eigenvalue weighted by atomic mass is 19.1. The van der Waals surface area contributed by atoms with Gasteiger partial charge in [-0.3, -0.25) is 0 Å². The van der Waals surface area contributed by atoms with Crippen LogP contribution in [0.3, 0.4) is 0 Å². The van der Waals surface area contributed by atoms with E-state index in [0.29, 0.717) is 24.4 Å². The maximum Gasteiger partial charge on any atom is 0.346 e. The van der Waals surface area contributed by atoms with Crippen LogP contribution in [0.25, 0.3) is 0 Å². The second-order valence-electron chi connectivity index (χ2n) is 7.61. The van der Waals surface area contributed by atoms with Crippen LogP contribution >= 0.6 is 0 Å². The Bertz CT molecular complexity index is 949. The molecule has 0 spiro atoms. The summed E-state index contributed by atoms with van der Waals surface area (Å²) in [5.41, 5.74) is -0.458. The number of carbonyl (C=O) groups is 1. The summed E-state index contributed by atoms with van der Waals surface area (Å²) < 4.78 is 44.6. The molecule has 0 bridgehead atoms. The highest BCUT2D eigenvalue weighted by molar-refractivity contribution is 5.91. The third-order valence-corrected chi connectivity index (χ3v) is 5.27. The van der Waals surface area contributed by atoms with Crippen molar-refractivity contribution in [2.24, 2.45) is 5.92 Å². The average molecular weight is 429 g/mol. The van der Waals surface area contributed by atoms with Crippen molar-refractivity contribution in [1.29, 1.82) is 5.26 Å². The molecule has 31 heavy (non-hydrogen) atoms. The largest absolute Gasteiger partial charge is 0.493 e. The van der Waals surface area contributed by atoms with Crippen LogP contribution in [0.15, 0.2) is 36.4 Å². The Hall–Kier alpha value is -2.98. The van der Waals surface area contributed by atoms with Crippen molar-refractivity contribution in [2.75, 3.05) is 13.2 Å². The lowest BCUT2D eigenvalue weighted by Gasteiger charge is -2.28. The number of benzene rings is 2. The molecule has 0 atom stereocenters. The van der Waals surface area contributed by atoms with Gasteiger partial charge in [0.2, 0.25) is 0 Å². The third kappa shape index (κ3) is 6.25. The predicted molar refractivity (Wildman–Crippen MR) is 110 cm³/mol. The summed E-state index contributed by atoms with van der Waals surface area (Å²) in [5, 5.41) is 8.74. The van der Waals surface area contributed by atoms with E-state index in [-0.39, 0.29) is 16.9 Å². The zero-order valence-electron chi connectivity index (χ0n) is 17.4. The van der Waals surface area contributed by atoms with Gasteiger partial charge < -0.3 is 14.2 Å². The monoisotopic (exact) mass is 429 g/mol. The summed E-state index contributed by atoms with van der Waals surface area (Å²) in [5.74, 6) is -1.95. The molecule has 7 heteroatoms. The fourth-order valence-electron chi connectivity index (χ4n) is 3.53. The molecule has 0 N–H and O–H groups in total. The van der Waals surface area contributed by atoms with E-state index in [9.17, 15) is 13.6 Å². The summed E-state index contributed by atoms with van der Waals surface area (Å²) in [4.78, 5) is 12.2. The van der Waals surface area contributed by atoms with Crippen molar-refractivity contribution in [1.82, 2.24) is 0 Å². The van der Waals surface area contributed by atoms with Gasteiger partial charge in [0.15, 0.2) is 0 Å². The Morgan fingerprint density at radius 1 is 1.06 bits per heavy atom. The van der Waals surface area contributed by atoms with Gasteiger partial charge in [0.25, 0.3) is 0 Å². The number of hydrogen-bond donors (Lipinski definition) is 0. The molecule has 1 fully saturated rings. The standard InChI is InChI=1S/C24H25F2NO4/c1-2-11-29-18-6-3-16(4-7-18)15-30-19-9-10-21(23(26)12-19)24(28)31-20-8-5-17(14-27)22(25)13-20/h5,8-10,12-13,16,18H,2-4,6-7,11,15H2,1H3/t16-,18-. The minimum absolute atomic E-state index is 0.111. The zero-order valence-corrected chi connectivity index (χ0v) is 17.4. The van der Waals surface area contributed by atoms with E-state index < -0.39 is 17.6 Å². The number of esters is 1. The third-order valence-electron chi connectivity index (χ3n) is 5.27. The van der Waals surface area contributed by atoms with Crippen molar-refractivity contribution in [3.05, 3.63) is 59.2 Å². The van der Waals surface area contributed by atoms with E-state index in [1.165, 1.54) is 24.3 Å². The molecule has 0 aliphatic heterocycles. The Labute approximate surface area is 180 Å². The molecule has 0 aromatic heterocycles. The normalized spacial score (nSPS) is 18.3. The first kappa shape index (κ1) is 22.7. The number of halogens is 2. The highest BCUT2D eigenvalue weighted by Gasteiger charge is 2.22. The number of hydrogen-bond acceptors (Lipinski definition) is 5. The minimum Gasteiger partial charge on any atom is -0.493 e. The maximum absolute atomic E-state index is 14.4. The molecule has 164 valence electrons. The smallest absolute Gasteiger partial charge is 0.346 e. The van der Waals surface area contributed by atoms with E-state index >= 15 is 0 Å². The number of rotatable bonds is 8. The van der Waals surface area contributed by atoms with E-state index in [2.05, 4.69) is 6.92 Å². The van der Waals surface area contributed by atoms with Crippen LogP contribution in [0, 0.1) is 28.9 Å². The van der Waals surface area contributed by atoms with Crippen LogP contribution in [0.2, 0.25) is 0 Å². The van der Waals surface area contributed by atoms with Gasteiger partial charge in [-0.25, -0.2) is 13.6 Å². The molecular formula is C24H25F2NO4. The fourth-order valence-corrected chi connectivity index (χ4v) is 3.53. The van der Waals surface area contributed by atoms with Gasteiger partial charge in [0.05, 0.1) is 23.8 Å². The van der Waals surface area contributed by atoms with Gasteiger partial charge in [-0.15, -0.1) is 0 Å². The molecule has 1 aliphatic rings. The molecule has 0 heterocycles. The molecule has 3 rings (SSSR count). The molecule has 0 saturated heterocycles. The molecule has 2 aromatic carbocycles. The number of carbonyl (C=O) groups excluding carboxylic acids is 1. The zero-order chi connectivity index (χ0) is 22.2. The van der Waals surface area contributed by atoms with Crippen LogP contribution in [0.5, 0.6) is 11.5 Å². The van der Waals surface area contributed by atoms with Crippen molar-refractivity contribution in [3.8, 4) is 17.6 Å². The van der Waals surface area contributed by atoms with Gasteiger partial charge in [-0.05, 0) is 62.3 Å². The maximum atomic E-state index is 14.4. The van der Waals surface area contributed by atoms with Crippen molar-refractivity contribution < 1.29 is 27.8 Å². The van der Waals surface area contributed by atoms with Gasteiger partial charge in [0, 0.05) is 18.7 Å². The molecule has 0 unspecified atom stereocenters. The number of ether oxygens (including phenoxy) is 3. The van der Waals surface area contributed by atoms with E-state index in [1.54, 1.807) is 6.07 Å². The topological polar surface area (TPSA) is 68.6 Å². The molecule has 0 amide bonds. The first-order valence-corrected chi connectivity index (χ1v) is 10.5. The highest BCUT2D eigenvalue weighted by Crippen LogP contribution is 2.28. The molecule has 1 saturated carbocycles. The van der Waals surface area contributed by atoms with Crippen molar-refractivity contribution in [2.45, 2.75) is 45.1 Å². The van der Waals surface area contributed by atoms with Gasteiger partial charge in [-0.2, -0.15) is 5.26 Å². The van der Waals surface area contributed by atoms with Crippen LogP contribution < -0.4 is 9.47 Å². The van der Waals surface area contributed by atoms with Crippen LogP contribution in [0.1, 0.15) is 54.9 Å². The SMILES string of the molecule is CCCO[C@H]1CC[C@H](COc2ccc(C(=O)Oc3ccc(C#N)c(F)c3)c(F)c2)CC1. The summed E-state index contributed by atoms with van der Waals surface area (Å²) in [6.45, 7) is 3.37. The van der Waals surface area contributed by atoms with Gasteiger partial charge >= 0.3 is 5.97 Å². The number of nitrogens with zero attached hydrogens (tertiary/aromatic N) is 1. The summed E-state index contributed by atoms with van der Waals surface area (Å²) in [6.07, 6.45) is 5.35. The van der Waals surface area contributed by atoms with Crippen molar-refractivity contribution in [3.63, 3.8) is 0 Å². The van der Waals surface area contributed by atoms with E-state index in [1.807, 2.05) is 0 Å². The Balaban J connectivity index is 1.52. The average Bonchev–Trinajstić information content (AvgIpc) is 2.77. The Morgan fingerprint density at radius 2 is 1.77 bits per heavy atom. The van der Waals surface area contributed by atoms with E-state index in [0.717, 1.165) is 50.8 Å². The van der Waals surface area contributed by atoms with Gasteiger partial charge in [0.1, 0.15) is 29.2 Å². The van der Waals surface area contributed by atoms with Crippen LogP contribution in [-0.2, 0) is 4.74 Å². The number of nitriles is 1. The second-order valence-corrected chi connectivity index (χ2v) is 7.61. The first-order chi connectivity index (χ1) is 15.0. The van der Waals surface area contributed by atoms with E-state index in [4.69, 9.17) is 19.5 Å². The fraction of sp³-hybridized carbons (Fsp3) is 0.417. The van der Waals surface area contributed by atoms with Gasteiger partial charge in [-0.1, -0.05) is 6.92 Å². The van der Waals surface area contributed by atoms with Crippen LogP contribution in [-0.4, -0.2) is 25.3 Å². The first-order valence-electron chi connectivity index (χ1n) is 10.5. The lowest BCUT2D eigenvalue weighted by Crippen LogP contribution is -2.25. The summed E-state index contributed by atoms with van der Waals surface area (Å²) in [6, 6.07) is 8.98. The lowest BCUT2D eigenvalue weighted by atomic mass is 9.88. The molecule has 5 nitrogen and oxygen atoms in total. The van der Waals surface area contributed by atoms with Crippen LogP contribution in [0.4, 0.5) is 8.78 Å². The second kappa shape index (κ2) is 10.9. The Morgan fingerprint density at radius 3 is 2.42 bits per heavy atom. The molecular weight excluding hydrogens is 404 g/mol.